The second kappa shape index (κ2) is 7.25. The van der Waals surface area contributed by atoms with E-state index in [1.54, 1.807) is 12.4 Å². The highest BCUT2D eigenvalue weighted by Gasteiger charge is 2.40. The van der Waals surface area contributed by atoms with Crippen molar-refractivity contribution in [3.8, 4) is 0 Å². The minimum Gasteiger partial charge on any atom is -0.349 e. The van der Waals surface area contributed by atoms with Crippen molar-refractivity contribution >= 4 is 11.9 Å². The highest BCUT2D eigenvalue weighted by atomic mass is 16.7. The van der Waals surface area contributed by atoms with Gasteiger partial charge < -0.3 is 19.7 Å². The summed E-state index contributed by atoms with van der Waals surface area (Å²) in [7, 11) is 0. The molecule has 0 radical (unpaired) electrons. The predicted molar refractivity (Wildman–Crippen MR) is 92.5 cm³/mol. The first-order valence-corrected chi connectivity index (χ1v) is 9.40. The van der Waals surface area contributed by atoms with Crippen LogP contribution in [0, 0.1) is 0 Å². The molecule has 1 spiro atoms. The van der Waals surface area contributed by atoms with E-state index in [4.69, 9.17) is 9.47 Å². The predicted octanol–water partition coefficient (Wildman–Crippen LogP) is 1.88. The number of carbonyl (C=O) groups is 1. The van der Waals surface area contributed by atoms with Gasteiger partial charge >= 0.3 is 0 Å². The molecule has 0 bridgehead atoms. The zero-order valence-corrected chi connectivity index (χ0v) is 14.6. The lowest BCUT2D eigenvalue weighted by Crippen LogP contribution is -2.45. The van der Waals surface area contributed by atoms with E-state index in [0.717, 1.165) is 38.8 Å². The molecule has 3 heterocycles. The van der Waals surface area contributed by atoms with Gasteiger partial charge in [0.25, 0.3) is 5.91 Å². The fraction of sp³-hybridized carbons (Fsp3) is 0.722. The number of nitrogens with one attached hydrogen (secondary N) is 1. The quantitative estimate of drug-likeness (QED) is 0.901. The first-order valence-electron chi connectivity index (χ1n) is 9.40. The Labute approximate surface area is 148 Å². The van der Waals surface area contributed by atoms with Gasteiger partial charge in [-0.15, -0.1) is 0 Å². The molecular weight excluding hydrogens is 320 g/mol. The number of carbonyl (C=O) groups excluding carboxylic acids is 1. The highest BCUT2D eigenvalue weighted by molar-refractivity contribution is 5.93. The number of anilines is 1. The second-order valence-electron chi connectivity index (χ2n) is 7.17. The lowest BCUT2D eigenvalue weighted by atomic mass is 9.95. The summed E-state index contributed by atoms with van der Waals surface area (Å²) in [6, 6.07) is 0.297. The largest absolute Gasteiger partial charge is 0.349 e. The molecule has 7 nitrogen and oxygen atoms in total. The summed E-state index contributed by atoms with van der Waals surface area (Å²) in [6.45, 7) is 2.96. The van der Waals surface area contributed by atoms with Crippen LogP contribution in [-0.2, 0) is 9.47 Å². The summed E-state index contributed by atoms with van der Waals surface area (Å²) in [5.74, 6) is 0.210. The molecule has 1 N–H and O–H groups in total. The van der Waals surface area contributed by atoms with Crippen LogP contribution in [0.15, 0.2) is 12.4 Å². The van der Waals surface area contributed by atoms with E-state index in [0.29, 0.717) is 30.8 Å². The van der Waals surface area contributed by atoms with Crippen LogP contribution >= 0.6 is 0 Å². The molecule has 3 fully saturated rings. The summed E-state index contributed by atoms with van der Waals surface area (Å²) in [5, 5.41) is 3.10. The molecule has 3 aliphatic rings. The second-order valence-corrected chi connectivity index (χ2v) is 7.17. The third kappa shape index (κ3) is 3.77. The van der Waals surface area contributed by atoms with Crippen molar-refractivity contribution in [2.75, 3.05) is 31.2 Å². The van der Waals surface area contributed by atoms with Crippen molar-refractivity contribution in [2.24, 2.45) is 0 Å². The number of aromatic nitrogens is 2. The number of rotatable bonds is 3. The maximum atomic E-state index is 12.3. The van der Waals surface area contributed by atoms with Crippen molar-refractivity contribution in [1.29, 1.82) is 0 Å². The lowest BCUT2D eigenvalue weighted by molar-refractivity contribution is -0.169. The first kappa shape index (κ1) is 16.7. The van der Waals surface area contributed by atoms with Gasteiger partial charge in [0.05, 0.1) is 18.8 Å². The number of amides is 1. The molecule has 2 aliphatic heterocycles. The molecule has 1 amide bonds. The van der Waals surface area contributed by atoms with Gasteiger partial charge in [-0.2, -0.15) is 0 Å². The van der Waals surface area contributed by atoms with E-state index in [9.17, 15) is 4.79 Å². The van der Waals surface area contributed by atoms with Crippen molar-refractivity contribution in [2.45, 2.75) is 56.8 Å². The van der Waals surface area contributed by atoms with E-state index in [1.807, 2.05) is 0 Å². The molecule has 1 aromatic heterocycles. The number of ether oxygens (including phenoxy) is 2. The Morgan fingerprint density at radius 2 is 1.72 bits per heavy atom. The van der Waals surface area contributed by atoms with E-state index < -0.39 is 5.79 Å². The third-order valence-electron chi connectivity index (χ3n) is 5.46. The minimum absolute atomic E-state index is 0.0659. The van der Waals surface area contributed by atoms with Crippen LogP contribution in [0.4, 0.5) is 5.95 Å². The molecule has 7 heteroatoms. The normalized spacial score (nSPS) is 23.8. The van der Waals surface area contributed by atoms with Crippen LogP contribution in [0.1, 0.15) is 55.3 Å². The van der Waals surface area contributed by atoms with E-state index in [-0.39, 0.29) is 5.91 Å². The topological polar surface area (TPSA) is 76.6 Å². The van der Waals surface area contributed by atoms with Crippen molar-refractivity contribution in [3.63, 3.8) is 0 Å². The summed E-state index contributed by atoms with van der Waals surface area (Å²) >= 11 is 0. The molecule has 25 heavy (non-hydrogen) atoms. The number of piperidine rings is 1. The highest BCUT2D eigenvalue weighted by Crippen LogP contribution is 2.32. The van der Waals surface area contributed by atoms with E-state index >= 15 is 0 Å². The number of hydrogen-bond acceptors (Lipinski definition) is 6. The smallest absolute Gasteiger partial charge is 0.254 e. The maximum absolute atomic E-state index is 12.3. The van der Waals surface area contributed by atoms with Gasteiger partial charge in [-0.05, 0) is 12.8 Å². The van der Waals surface area contributed by atoms with Crippen molar-refractivity contribution < 1.29 is 14.3 Å². The molecule has 2 saturated heterocycles. The van der Waals surface area contributed by atoms with Gasteiger partial charge in [-0.25, -0.2) is 9.97 Å². The average Bonchev–Trinajstić information content (AvgIpc) is 3.11. The van der Waals surface area contributed by atoms with Crippen LogP contribution in [0.5, 0.6) is 0 Å². The van der Waals surface area contributed by atoms with Gasteiger partial charge in [-0.1, -0.05) is 19.3 Å². The molecule has 1 aromatic rings. The summed E-state index contributed by atoms with van der Waals surface area (Å²) < 4.78 is 11.5. The summed E-state index contributed by atoms with van der Waals surface area (Å²) in [4.78, 5) is 23.3. The molecule has 1 aliphatic carbocycles. The molecular formula is C18H26N4O3. The Kier molecular flexibility index (Phi) is 4.85. The standard InChI is InChI=1S/C18H26N4O3/c23-16(21-15-4-2-1-3-5-15)14-12-19-17(20-13-14)22-8-6-18(7-9-22)24-10-11-25-18/h12-13,15H,1-11H2,(H,21,23). The molecule has 0 unspecified atom stereocenters. The van der Waals surface area contributed by atoms with Gasteiger partial charge in [-0.3, -0.25) is 4.79 Å². The molecule has 136 valence electrons. The van der Waals surface area contributed by atoms with Crippen LogP contribution in [0.3, 0.4) is 0 Å². The molecule has 1 saturated carbocycles. The Balaban J connectivity index is 1.33. The van der Waals surface area contributed by atoms with Gasteiger partial charge in [0.1, 0.15) is 0 Å². The maximum Gasteiger partial charge on any atom is 0.254 e. The Morgan fingerprint density at radius 1 is 1.08 bits per heavy atom. The van der Waals surface area contributed by atoms with E-state index in [2.05, 4.69) is 20.2 Å². The van der Waals surface area contributed by atoms with Gasteiger partial charge in [0, 0.05) is 44.4 Å². The van der Waals surface area contributed by atoms with Gasteiger partial charge in [0.2, 0.25) is 5.95 Å². The Hall–Kier alpha value is -1.73. The van der Waals surface area contributed by atoms with Gasteiger partial charge in [0.15, 0.2) is 5.79 Å². The first-order chi connectivity index (χ1) is 12.2. The SMILES string of the molecule is O=C(NC1CCCCC1)c1cnc(N2CCC3(CC2)OCCO3)nc1. The van der Waals surface area contributed by atoms with Crippen LogP contribution in [0.25, 0.3) is 0 Å². The molecule has 0 atom stereocenters. The molecule has 0 aromatic carbocycles. The van der Waals surface area contributed by atoms with Crippen molar-refractivity contribution in [3.05, 3.63) is 18.0 Å². The monoisotopic (exact) mass is 346 g/mol. The Morgan fingerprint density at radius 3 is 2.36 bits per heavy atom. The fourth-order valence-electron chi connectivity index (χ4n) is 3.95. The van der Waals surface area contributed by atoms with Crippen LogP contribution in [-0.4, -0.2) is 54.0 Å². The number of hydrogen-bond donors (Lipinski definition) is 1. The Bertz CT molecular complexity index is 585. The summed E-state index contributed by atoms with van der Waals surface area (Å²) in [6.07, 6.45) is 10.7. The molecule has 4 rings (SSSR count). The summed E-state index contributed by atoms with van der Waals surface area (Å²) in [5.41, 5.74) is 0.533. The third-order valence-corrected chi connectivity index (χ3v) is 5.46. The fourth-order valence-corrected chi connectivity index (χ4v) is 3.95. The zero-order chi connectivity index (χ0) is 17.1. The zero-order valence-electron chi connectivity index (χ0n) is 14.6. The van der Waals surface area contributed by atoms with E-state index in [1.165, 1.54) is 19.3 Å². The number of nitrogens with zero attached hydrogens (tertiary/aromatic N) is 3. The van der Waals surface area contributed by atoms with Crippen LogP contribution in [0.2, 0.25) is 0 Å². The minimum atomic E-state index is -0.393. The average molecular weight is 346 g/mol. The van der Waals surface area contributed by atoms with Crippen molar-refractivity contribution in [1.82, 2.24) is 15.3 Å². The lowest BCUT2D eigenvalue weighted by Gasteiger charge is -2.37. The van der Waals surface area contributed by atoms with Crippen LogP contribution < -0.4 is 10.2 Å².